The van der Waals surface area contributed by atoms with Crippen molar-refractivity contribution in [1.29, 1.82) is 0 Å². The molecule has 0 amide bonds. The maximum atomic E-state index is 12.0. The van der Waals surface area contributed by atoms with Gasteiger partial charge in [0.15, 0.2) is 5.82 Å². The largest absolute Gasteiger partial charge is 0.366 e. The molecule has 0 aliphatic rings. The van der Waals surface area contributed by atoms with Crippen LogP contribution in [0.2, 0.25) is 0 Å². The molecule has 0 aliphatic carbocycles. The first kappa shape index (κ1) is 16.9. The molecular weight excluding hydrogens is 338 g/mol. The van der Waals surface area contributed by atoms with Crippen molar-refractivity contribution in [1.82, 2.24) is 19.9 Å². The standard InChI is InChI=1S/C21H19N5O/c1-13-14(2)24-21(15-7-9-22-10-8-15)26-20(13)23-12-16-11-19(27)25-18-6-4-3-5-17(16)18/h3-11H,12H2,1-2H3,(H,25,27)(H,23,24,26). The Morgan fingerprint density at radius 3 is 2.63 bits per heavy atom. The third-order valence-corrected chi connectivity index (χ3v) is 4.61. The second-order valence-electron chi connectivity index (χ2n) is 6.40. The van der Waals surface area contributed by atoms with E-state index in [9.17, 15) is 4.79 Å². The monoisotopic (exact) mass is 357 g/mol. The number of para-hydroxylation sites is 1. The quantitative estimate of drug-likeness (QED) is 0.583. The van der Waals surface area contributed by atoms with Gasteiger partial charge in [0, 0.05) is 52.7 Å². The Labute approximate surface area is 156 Å². The summed E-state index contributed by atoms with van der Waals surface area (Å²) in [4.78, 5) is 28.1. The highest BCUT2D eigenvalue weighted by molar-refractivity contribution is 5.82. The Morgan fingerprint density at radius 2 is 1.81 bits per heavy atom. The van der Waals surface area contributed by atoms with Crippen molar-refractivity contribution in [3.63, 3.8) is 0 Å². The van der Waals surface area contributed by atoms with Gasteiger partial charge in [-0.25, -0.2) is 9.97 Å². The molecule has 0 fully saturated rings. The van der Waals surface area contributed by atoms with Crippen LogP contribution in [0.4, 0.5) is 5.82 Å². The van der Waals surface area contributed by atoms with Gasteiger partial charge in [0.2, 0.25) is 5.56 Å². The Morgan fingerprint density at radius 1 is 1.04 bits per heavy atom. The highest BCUT2D eigenvalue weighted by atomic mass is 16.1. The van der Waals surface area contributed by atoms with Gasteiger partial charge in [-0.1, -0.05) is 18.2 Å². The van der Waals surface area contributed by atoms with Gasteiger partial charge in [0.05, 0.1) is 0 Å². The third-order valence-electron chi connectivity index (χ3n) is 4.61. The number of anilines is 1. The molecule has 0 bridgehead atoms. The molecule has 0 unspecified atom stereocenters. The summed E-state index contributed by atoms with van der Waals surface area (Å²) in [6.07, 6.45) is 3.45. The summed E-state index contributed by atoms with van der Waals surface area (Å²) < 4.78 is 0. The van der Waals surface area contributed by atoms with Crippen LogP contribution in [0.25, 0.3) is 22.3 Å². The van der Waals surface area contributed by atoms with Crippen molar-refractivity contribution in [2.24, 2.45) is 0 Å². The average Bonchev–Trinajstić information content (AvgIpc) is 2.69. The number of pyridine rings is 2. The maximum Gasteiger partial charge on any atom is 0.248 e. The molecule has 2 N–H and O–H groups in total. The van der Waals surface area contributed by atoms with Crippen LogP contribution in [0.5, 0.6) is 0 Å². The molecule has 27 heavy (non-hydrogen) atoms. The zero-order valence-electron chi connectivity index (χ0n) is 15.2. The number of hydrogen-bond donors (Lipinski definition) is 2. The fourth-order valence-electron chi connectivity index (χ4n) is 3.03. The molecule has 0 aliphatic heterocycles. The SMILES string of the molecule is Cc1nc(-c2ccncc2)nc(NCc2cc(=O)[nH]c3ccccc23)c1C. The van der Waals surface area contributed by atoms with Crippen LogP contribution < -0.4 is 10.9 Å². The molecule has 0 radical (unpaired) electrons. The Balaban J connectivity index is 1.70. The summed E-state index contributed by atoms with van der Waals surface area (Å²) in [7, 11) is 0. The zero-order chi connectivity index (χ0) is 18.8. The van der Waals surface area contributed by atoms with Gasteiger partial charge in [-0.3, -0.25) is 9.78 Å². The number of aromatic nitrogens is 4. The first-order chi connectivity index (χ1) is 13.1. The van der Waals surface area contributed by atoms with E-state index in [4.69, 9.17) is 0 Å². The van der Waals surface area contributed by atoms with Crippen molar-refractivity contribution in [2.75, 3.05) is 5.32 Å². The lowest BCUT2D eigenvalue weighted by molar-refractivity contribution is 1.03. The van der Waals surface area contributed by atoms with Gasteiger partial charge < -0.3 is 10.3 Å². The van der Waals surface area contributed by atoms with E-state index < -0.39 is 0 Å². The normalized spacial score (nSPS) is 10.9. The van der Waals surface area contributed by atoms with Crippen LogP contribution >= 0.6 is 0 Å². The van der Waals surface area contributed by atoms with Crippen LogP contribution in [-0.2, 0) is 6.54 Å². The lowest BCUT2D eigenvalue weighted by atomic mass is 10.1. The molecule has 4 rings (SSSR count). The molecule has 0 saturated carbocycles. The summed E-state index contributed by atoms with van der Waals surface area (Å²) in [6.45, 7) is 4.46. The summed E-state index contributed by atoms with van der Waals surface area (Å²) in [5, 5.41) is 4.40. The predicted octanol–water partition coefficient (Wildman–Crippen LogP) is 3.61. The van der Waals surface area contributed by atoms with E-state index in [0.717, 1.165) is 39.1 Å². The molecule has 4 aromatic rings. The van der Waals surface area contributed by atoms with Gasteiger partial charge in [-0.15, -0.1) is 0 Å². The fourth-order valence-corrected chi connectivity index (χ4v) is 3.03. The Kier molecular flexibility index (Phi) is 4.38. The number of H-pyrrole nitrogens is 1. The van der Waals surface area contributed by atoms with Gasteiger partial charge in [0.1, 0.15) is 5.82 Å². The van der Waals surface area contributed by atoms with E-state index in [0.29, 0.717) is 12.4 Å². The summed E-state index contributed by atoms with van der Waals surface area (Å²) >= 11 is 0. The number of benzene rings is 1. The smallest absolute Gasteiger partial charge is 0.248 e. The summed E-state index contributed by atoms with van der Waals surface area (Å²) in [5.41, 5.74) is 4.46. The van der Waals surface area contributed by atoms with E-state index in [2.05, 4.69) is 25.3 Å². The van der Waals surface area contributed by atoms with Crippen LogP contribution in [0, 0.1) is 13.8 Å². The molecule has 0 atom stereocenters. The fraction of sp³-hybridized carbons (Fsp3) is 0.143. The topological polar surface area (TPSA) is 83.6 Å². The number of aryl methyl sites for hydroxylation is 1. The maximum absolute atomic E-state index is 12.0. The van der Waals surface area contributed by atoms with E-state index in [-0.39, 0.29) is 5.56 Å². The third kappa shape index (κ3) is 3.42. The number of nitrogens with one attached hydrogen (secondary N) is 2. The number of aromatic amines is 1. The lowest BCUT2D eigenvalue weighted by Crippen LogP contribution is -2.11. The van der Waals surface area contributed by atoms with Crippen LogP contribution in [-0.4, -0.2) is 19.9 Å². The molecule has 0 spiro atoms. The summed E-state index contributed by atoms with van der Waals surface area (Å²) in [6, 6.07) is 13.2. The molecule has 6 nitrogen and oxygen atoms in total. The minimum atomic E-state index is -0.112. The molecule has 6 heteroatoms. The van der Waals surface area contributed by atoms with Gasteiger partial charge in [-0.2, -0.15) is 0 Å². The molecule has 1 aromatic carbocycles. The Bertz CT molecular complexity index is 1170. The van der Waals surface area contributed by atoms with Crippen LogP contribution in [0.1, 0.15) is 16.8 Å². The highest BCUT2D eigenvalue weighted by Crippen LogP contribution is 2.22. The zero-order valence-corrected chi connectivity index (χ0v) is 15.2. The van der Waals surface area contributed by atoms with Crippen LogP contribution in [0.3, 0.4) is 0 Å². The van der Waals surface area contributed by atoms with Crippen molar-refractivity contribution in [3.05, 3.63) is 82.0 Å². The second kappa shape index (κ2) is 6.99. The number of hydrogen-bond acceptors (Lipinski definition) is 5. The van der Waals surface area contributed by atoms with E-state index in [1.54, 1.807) is 18.5 Å². The van der Waals surface area contributed by atoms with Crippen molar-refractivity contribution >= 4 is 16.7 Å². The molecule has 3 aromatic heterocycles. The van der Waals surface area contributed by atoms with E-state index in [1.807, 2.05) is 50.2 Å². The number of fused-ring (bicyclic) bond motifs is 1. The first-order valence-electron chi connectivity index (χ1n) is 8.72. The van der Waals surface area contributed by atoms with Crippen LogP contribution in [0.15, 0.2) is 59.7 Å². The van der Waals surface area contributed by atoms with E-state index in [1.165, 1.54) is 0 Å². The lowest BCUT2D eigenvalue weighted by Gasteiger charge is -2.13. The minimum Gasteiger partial charge on any atom is -0.366 e. The molecule has 3 heterocycles. The molecule has 0 saturated heterocycles. The van der Waals surface area contributed by atoms with Crippen molar-refractivity contribution in [2.45, 2.75) is 20.4 Å². The van der Waals surface area contributed by atoms with Gasteiger partial charge in [0.25, 0.3) is 0 Å². The second-order valence-corrected chi connectivity index (χ2v) is 6.40. The molecular formula is C21H19N5O. The first-order valence-corrected chi connectivity index (χ1v) is 8.72. The average molecular weight is 357 g/mol. The van der Waals surface area contributed by atoms with E-state index >= 15 is 0 Å². The van der Waals surface area contributed by atoms with Gasteiger partial charge in [-0.05, 0) is 37.6 Å². The summed E-state index contributed by atoms with van der Waals surface area (Å²) in [5.74, 6) is 1.41. The minimum absolute atomic E-state index is 0.112. The highest BCUT2D eigenvalue weighted by Gasteiger charge is 2.11. The predicted molar refractivity (Wildman–Crippen MR) is 107 cm³/mol. The van der Waals surface area contributed by atoms with Crippen molar-refractivity contribution in [3.8, 4) is 11.4 Å². The number of rotatable bonds is 4. The molecule has 134 valence electrons. The van der Waals surface area contributed by atoms with Crippen molar-refractivity contribution < 1.29 is 0 Å². The number of nitrogens with zero attached hydrogens (tertiary/aromatic N) is 3. The Hall–Kier alpha value is -3.54. The van der Waals surface area contributed by atoms with Gasteiger partial charge >= 0.3 is 0 Å².